The Balaban J connectivity index is 2.35. The summed E-state index contributed by atoms with van der Waals surface area (Å²) in [4.78, 5) is 10.5. The molecule has 1 atom stereocenters. The second kappa shape index (κ2) is 3.97. The van der Waals surface area contributed by atoms with Crippen molar-refractivity contribution in [2.24, 2.45) is 5.73 Å². The van der Waals surface area contributed by atoms with Crippen LogP contribution in [0.4, 0.5) is 4.39 Å². The zero-order chi connectivity index (χ0) is 11.7. The number of ether oxygens (including phenoxy) is 2. The summed E-state index contributed by atoms with van der Waals surface area (Å²) in [5.74, 6) is -1.37. The average Bonchev–Trinajstić information content (AvgIpc) is 2.66. The van der Waals surface area contributed by atoms with Crippen LogP contribution < -0.4 is 15.2 Å². The number of hydrogen-bond acceptors (Lipinski definition) is 4. The van der Waals surface area contributed by atoms with Crippen LogP contribution in [-0.4, -0.2) is 17.9 Å². The van der Waals surface area contributed by atoms with Crippen molar-refractivity contribution in [3.63, 3.8) is 0 Å². The lowest BCUT2D eigenvalue weighted by molar-refractivity contribution is -0.137. The number of aliphatic carboxylic acids is 1. The minimum atomic E-state index is -1.02. The van der Waals surface area contributed by atoms with E-state index < -0.39 is 17.8 Å². The van der Waals surface area contributed by atoms with Crippen molar-refractivity contribution in [1.82, 2.24) is 0 Å². The lowest BCUT2D eigenvalue weighted by Gasteiger charge is -2.12. The molecule has 1 aliphatic heterocycles. The van der Waals surface area contributed by atoms with Crippen molar-refractivity contribution in [3.05, 3.63) is 23.5 Å². The molecule has 0 aromatic heterocycles. The Morgan fingerprint density at radius 2 is 2.19 bits per heavy atom. The number of carboxylic acid groups (broad SMARTS) is 1. The van der Waals surface area contributed by atoms with Gasteiger partial charge in [-0.2, -0.15) is 0 Å². The van der Waals surface area contributed by atoms with Gasteiger partial charge < -0.3 is 20.3 Å². The van der Waals surface area contributed by atoms with E-state index in [4.69, 9.17) is 20.3 Å². The molecule has 2 rings (SSSR count). The van der Waals surface area contributed by atoms with Crippen LogP contribution in [0.1, 0.15) is 18.0 Å². The number of carboxylic acids is 1. The van der Waals surface area contributed by atoms with E-state index in [0.717, 1.165) is 0 Å². The van der Waals surface area contributed by atoms with Gasteiger partial charge in [-0.15, -0.1) is 0 Å². The highest BCUT2D eigenvalue weighted by Gasteiger charge is 2.25. The molecule has 16 heavy (non-hydrogen) atoms. The number of halogens is 1. The van der Waals surface area contributed by atoms with Gasteiger partial charge in [0.15, 0.2) is 11.6 Å². The van der Waals surface area contributed by atoms with E-state index in [-0.39, 0.29) is 24.7 Å². The quantitative estimate of drug-likeness (QED) is 0.805. The van der Waals surface area contributed by atoms with Gasteiger partial charge in [0.25, 0.3) is 0 Å². The van der Waals surface area contributed by atoms with Gasteiger partial charge in [0.05, 0.1) is 6.42 Å². The number of fused-ring (bicyclic) bond motifs is 1. The van der Waals surface area contributed by atoms with Gasteiger partial charge in [-0.05, 0) is 6.07 Å². The summed E-state index contributed by atoms with van der Waals surface area (Å²) >= 11 is 0. The third-order valence-corrected chi connectivity index (χ3v) is 2.30. The van der Waals surface area contributed by atoms with Crippen LogP contribution in [0.5, 0.6) is 11.5 Å². The molecular weight excluding hydrogens is 217 g/mol. The number of benzene rings is 1. The van der Waals surface area contributed by atoms with Crippen LogP contribution in [0.25, 0.3) is 0 Å². The SMILES string of the molecule is NC(CC(=O)O)c1ccc(F)c2c1OCO2. The molecule has 0 aliphatic carbocycles. The first-order chi connectivity index (χ1) is 7.59. The summed E-state index contributed by atoms with van der Waals surface area (Å²) < 4.78 is 23.2. The molecule has 0 fully saturated rings. The van der Waals surface area contributed by atoms with E-state index in [2.05, 4.69) is 0 Å². The lowest BCUT2D eigenvalue weighted by atomic mass is 10.0. The molecule has 3 N–H and O–H groups in total. The third-order valence-electron chi connectivity index (χ3n) is 2.30. The molecule has 1 aromatic carbocycles. The molecule has 0 amide bonds. The summed E-state index contributed by atoms with van der Waals surface area (Å²) in [5, 5.41) is 8.62. The van der Waals surface area contributed by atoms with Crippen molar-refractivity contribution in [2.75, 3.05) is 6.79 Å². The van der Waals surface area contributed by atoms with Gasteiger partial charge in [-0.25, -0.2) is 4.39 Å². The Kier molecular flexibility index (Phi) is 2.66. The maximum atomic E-state index is 13.2. The molecule has 6 heteroatoms. The van der Waals surface area contributed by atoms with Crippen LogP contribution in [0.2, 0.25) is 0 Å². The van der Waals surface area contributed by atoms with Gasteiger partial charge in [0, 0.05) is 11.6 Å². The highest BCUT2D eigenvalue weighted by molar-refractivity contribution is 5.68. The van der Waals surface area contributed by atoms with Crippen LogP contribution >= 0.6 is 0 Å². The molecule has 0 saturated carbocycles. The van der Waals surface area contributed by atoms with Gasteiger partial charge in [-0.3, -0.25) is 4.79 Å². The third kappa shape index (κ3) is 1.79. The van der Waals surface area contributed by atoms with E-state index in [1.54, 1.807) is 0 Å². The van der Waals surface area contributed by atoms with Crippen molar-refractivity contribution >= 4 is 5.97 Å². The standard InChI is InChI=1S/C10H10FNO4/c11-6-2-1-5(7(12)3-8(13)14)9-10(6)16-4-15-9/h1-2,7H,3-4,12H2,(H,13,14). The topological polar surface area (TPSA) is 81.8 Å². The molecule has 0 bridgehead atoms. The molecule has 0 spiro atoms. The summed E-state index contributed by atoms with van der Waals surface area (Å²) in [7, 11) is 0. The maximum absolute atomic E-state index is 13.2. The summed E-state index contributed by atoms with van der Waals surface area (Å²) in [6, 6.07) is 1.86. The molecule has 0 saturated heterocycles. The minimum Gasteiger partial charge on any atom is -0.481 e. The zero-order valence-electron chi connectivity index (χ0n) is 8.27. The fraction of sp³-hybridized carbons (Fsp3) is 0.300. The highest BCUT2D eigenvalue weighted by atomic mass is 19.1. The maximum Gasteiger partial charge on any atom is 0.305 e. The number of rotatable bonds is 3. The van der Waals surface area contributed by atoms with Crippen molar-refractivity contribution in [1.29, 1.82) is 0 Å². The van der Waals surface area contributed by atoms with Crippen LogP contribution in [0.3, 0.4) is 0 Å². The van der Waals surface area contributed by atoms with E-state index >= 15 is 0 Å². The number of carbonyl (C=O) groups is 1. The molecule has 1 aliphatic rings. The van der Waals surface area contributed by atoms with E-state index in [1.807, 2.05) is 0 Å². The van der Waals surface area contributed by atoms with Crippen LogP contribution in [0.15, 0.2) is 12.1 Å². The fourth-order valence-corrected chi connectivity index (χ4v) is 1.57. The Labute approximate surface area is 90.6 Å². The Morgan fingerprint density at radius 1 is 1.50 bits per heavy atom. The largest absolute Gasteiger partial charge is 0.481 e. The second-order valence-corrected chi connectivity index (χ2v) is 3.41. The first kappa shape index (κ1) is 10.7. The molecule has 0 radical (unpaired) electrons. The Morgan fingerprint density at radius 3 is 2.88 bits per heavy atom. The van der Waals surface area contributed by atoms with Crippen molar-refractivity contribution in [3.8, 4) is 11.5 Å². The number of nitrogens with two attached hydrogens (primary N) is 1. The van der Waals surface area contributed by atoms with Crippen LogP contribution in [-0.2, 0) is 4.79 Å². The Bertz CT molecular complexity index is 435. The predicted octanol–water partition coefficient (Wildman–Crippen LogP) is 1.03. The average molecular weight is 227 g/mol. The minimum absolute atomic E-state index is 0.00154. The van der Waals surface area contributed by atoms with Crippen LogP contribution in [0, 0.1) is 5.82 Å². The van der Waals surface area contributed by atoms with Gasteiger partial charge in [0.2, 0.25) is 12.5 Å². The summed E-state index contributed by atoms with van der Waals surface area (Å²) in [6.07, 6.45) is -0.249. The smallest absolute Gasteiger partial charge is 0.305 e. The van der Waals surface area contributed by atoms with Crippen molar-refractivity contribution < 1.29 is 23.8 Å². The zero-order valence-corrected chi connectivity index (χ0v) is 8.27. The van der Waals surface area contributed by atoms with E-state index in [1.165, 1.54) is 12.1 Å². The molecule has 86 valence electrons. The van der Waals surface area contributed by atoms with E-state index in [0.29, 0.717) is 5.56 Å². The molecule has 1 aromatic rings. The van der Waals surface area contributed by atoms with Crippen molar-refractivity contribution in [2.45, 2.75) is 12.5 Å². The number of hydrogen-bond donors (Lipinski definition) is 2. The highest BCUT2D eigenvalue weighted by Crippen LogP contribution is 2.40. The molecular formula is C10H10FNO4. The Hall–Kier alpha value is -1.82. The predicted molar refractivity (Wildman–Crippen MR) is 51.7 cm³/mol. The monoisotopic (exact) mass is 227 g/mol. The molecule has 1 unspecified atom stereocenters. The normalized spacial score (nSPS) is 14.9. The van der Waals surface area contributed by atoms with Gasteiger partial charge in [0.1, 0.15) is 0 Å². The summed E-state index contributed by atoms with van der Waals surface area (Å²) in [5.41, 5.74) is 6.12. The lowest BCUT2D eigenvalue weighted by Crippen LogP contribution is -2.15. The molecule has 1 heterocycles. The fourth-order valence-electron chi connectivity index (χ4n) is 1.57. The second-order valence-electron chi connectivity index (χ2n) is 3.41. The first-order valence-corrected chi connectivity index (χ1v) is 4.65. The van der Waals surface area contributed by atoms with Gasteiger partial charge in [-0.1, -0.05) is 6.07 Å². The first-order valence-electron chi connectivity index (χ1n) is 4.65. The van der Waals surface area contributed by atoms with E-state index in [9.17, 15) is 9.18 Å². The molecule has 5 nitrogen and oxygen atoms in total. The van der Waals surface area contributed by atoms with Gasteiger partial charge >= 0.3 is 5.97 Å². The summed E-state index contributed by atoms with van der Waals surface area (Å²) in [6.45, 7) is -0.0803.